The molecule has 0 aliphatic heterocycles. The number of anilines is 1. The summed E-state index contributed by atoms with van der Waals surface area (Å²) in [6.07, 6.45) is 0. The number of benzene rings is 9. The Hall–Kier alpha value is -8.90. The van der Waals surface area contributed by atoms with Crippen LogP contribution < -0.4 is 43.0 Å². The zero-order valence-corrected chi connectivity index (χ0v) is 48.8. The minimum atomic E-state index is -4.93. The molecule has 2 aromatic heterocycles. The summed E-state index contributed by atoms with van der Waals surface area (Å²) in [5, 5.41) is 0.794. The Bertz CT molecular complexity index is 5130. The molecule has 0 radical (unpaired) electrons. The summed E-state index contributed by atoms with van der Waals surface area (Å²) in [6, 6.07) is 40.3. The lowest BCUT2D eigenvalue weighted by molar-refractivity contribution is 0.332. The van der Waals surface area contributed by atoms with Crippen molar-refractivity contribution in [1.82, 2.24) is 4.57 Å². The molecule has 0 atom stereocenters. The van der Waals surface area contributed by atoms with Crippen LogP contribution in [0.3, 0.4) is 0 Å². The molecule has 0 aliphatic carbocycles. The number of hydrogen-bond donors (Lipinski definition) is 5. The Morgan fingerprint density at radius 3 is 1.50 bits per heavy atom. The number of nitrogens with one attached hydrogen (secondary N) is 1. The number of nitrogens with two attached hydrogens (primary N) is 3. The molecule has 26 heteroatoms. The molecule has 0 bridgehead atoms. The van der Waals surface area contributed by atoms with Crippen LogP contribution in [0.25, 0.3) is 82.6 Å². The van der Waals surface area contributed by atoms with Crippen molar-refractivity contribution in [2.24, 2.45) is 17.7 Å². The molecular formula is C60H49N5O17S4. The summed E-state index contributed by atoms with van der Waals surface area (Å²) in [5.74, 6) is 14.7. The molecule has 0 fully saturated rings. The Morgan fingerprint density at radius 1 is 0.477 bits per heavy atom. The highest BCUT2D eigenvalue weighted by molar-refractivity contribution is 7.87. The molecule has 0 unspecified atom stereocenters. The maximum absolute atomic E-state index is 16.0. The Morgan fingerprint density at radius 2 is 0.965 bits per heavy atom. The number of rotatable bonds is 18. The van der Waals surface area contributed by atoms with Gasteiger partial charge in [0.25, 0.3) is 11.1 Å². The van der Waals surface area contributed by atoms with E-state index in [1.807, 2.05) is 45.9 Å². The van der Waals surface area contributed by atoms with Crippen molar-refractivity contribution >= 4 is 89.8 Å². The largest absolute Gasteiger partial charge is 0.455 e. The maximum Gasteiger partial charge on any atom is 0.357 e. The van der Waals surface area contributed by atoms with Gasteiger partial charge in [-0.15, -0.1) is 0 Å². The molecule has 8 N–H and O–H groups in total. The zero-order valence-electron chi connectivity index (χ0n) is 45.5. The first-order valence-electron chi connectivity index (χ1n) is 25.9. The van der Waals surface area contributed by atoms with Crippen LogP contribution in [0.1, 0.15) is 50.7 Å². The molecule has 0 saturated carbocycles. The number of fused-ring (bicyclic) bond motifs is 2. The van der Waals surface area contributed by atoms with E-state index in [0.717, 1.165) is 22.8 Å². The highest BCUT2D eigenvalue weighted by Crippen LogP contribution is 2.51. The fourth-order valence-electron chi connectivity index (χ4n) is 10.6. The van der Waals surface area contributed by atoms with Crippen LogP contribution in [0.2, 0.25) is 0 Å². The minimum Gasteiger partial charge on any atom is -0.455 e. The third-order valence-electron chi connectivity index (χ3n) is 14.5. The number of hydrogen-bond acceptors (Lipinski definition) is 19. The molecule has 9 aromatic carbocycles. The molecule has 0 saturated heterocycles. The fraction of sp³-hybridized carbons (Fsp3) is 0.100. The predicted molar refractivity (Wildman–Crippen MR) is 322 cm³/mol. The minimum absolute atomic E-state index is 0.00476. The third-order valence-corrected chi connectivity index (χ3v) is 18.3. The van der Waals surface area contributed by atoms with Crippen molar-refractivity contribution in [3.05, 3.63) is 196 Å². The molecule has 86 heavy (non-hydrogen) atoms. The monoisotopic (exact) mass is 1240 g/mol. The predicted octanol–water partition coefficient (Wildman–Crippen LogP) is 10.6. The molecule has 440 valence electrons. The number of pyridine rings is 1. The normalized spacial score (nSPS) is 12.5. The lowest BCUT2D eigenvalue weighted by Crippen LogP contribution is -2.34. The number of ether oxygens (including phenoxy) is 2. The molecule has 0 spiro atoms. The molecule has 0 amide bonds. The van der Waals surface area contributed by atoms with Gasteiger partial charge in [-0.05, 0) is 112 Å². The lowest BCUT2D eigenvalue weighted by Gasteiger charge is -2.24. The van der Waals surface area contributed by atoms with Crippen LogP contribution in [0, 0.1) is 0 Å². The molecule has 11 aromatic rings. The highest BCUT2D eigenvalue weighted by Gasteiger charge is 2.31. The van der Waals surface area contributed by atoms with Crippen LogP contribution in [-0.2, 0) is 53.5 Å². The van der Waals surface area contributed by atoms with Crippen LogP contribution in [0.5, 0.6) is 23.0 Å². The van der Waals surface area contributed by atoms with Crippen molar-refractivity contribution in [3.8, 4) is 62.1 Å². The second kappa shape index (κ2) is 22.2. The van der Waals surface area contributed by atoms with Gasteiger partial charge in [-0.1, -0.05) is 119 Å². The smallest absolute Gasteiger partial charge is 0.357 e. The lowest BCUT2D eigenvalue weighted by atomic mass is 9.91. The van der Waals surface area contributed by atoms with Crippen LogP contribution in [-0.4, -0.2) is 42.8 Å². The Balaban J connectivity index is 1.29. The topological polar surface area (TPSA) is 345 Å². The molecular weight excluding hydrogens is 1190 g/mol. The zero-order chi connectivity index (χ0) is 61.4. The third kappa shape index (κ3) is 10.6. The SMILES string of the molecule is CC(C)c1cccc(C(C)C)c1-n1c(=O)c2cc(Oc3ccc(S(=O)(=O)ON)cc3-c3ccc(S(=O)(=O)ON)cc3)c3oc4ccccc4c4c(Oc5c(-c6ccccc6)cc(NS(=O)(=O)O)cc5-c5ccc(S(=O)(=O)ON)cc5)cc(c1=O)c2c34. The summed E-state index contributed by atoms with van der Waals surface area (Å²) in [4.78, 5) is 30.7. The van der Waals surface area contributed by atoms with Gasteiger partial charge < -0.3 is 13.9 Å². The average molecular weight is 1240 g/mol. The van der Waals surface area contributed by atoms with E-state index in [0.29, 0.717) is 27.8 Å². The molecule has 0 aliphatic rings. The number of aromatic nitrogens is 1. The first-order chi connectivity index (χ1) is 40.8. The van der Waals surface area contributed by atoms with Crippen molar-refractivity contribution in [3.63, 3.8) is 0 Å². The van der Waals surface area contributed by atoms with Crippen molar-refractivity contribution in [2.75, 3.05) is 4.72 Å². The summed E-state index contributed by atoms with van der Waals surface area (Å²) >= 11 is 0. The van der Waals surface area contributed by atoms with Crippen molar-refractivity contribution in [1.29, 1.82) is 0 Å². The van der Waals surface area contributed by atoms with Crippen molar-refractivity contribution in [2.45, 2.75) is 54.2 Å². The van der Waals surface area contributed by atoms with Gasteiger partial charge in [-0.3, -0.25) is 18.9 Å². The van der Waals surface area contributed by atoms with Crippen LogP contribution >= 0.6 is 0 Å². The van der Waals surface area contributed by atoms with E-state index in [4.69, 9.17) is 31.6 Å². The van der Waals surface area contributed by atoms with Gasteiger partial charge in [0.2, 0.25) is 0 Å². The van der Waals surface area contributed by atoms with E-state index in [2.05, 4.69) is 17.6 Å². The van der Waals surface area contributed by atoms with E-state index in [1.165, 1.54) is 72.8 Å². The quantitative estimate of drug-likeness (QED) is 0.0231. The van der Waals surface area contributed by atoms with Gasteiger partial charge in [0.1, 0.15) is 22.8 Å². The van der Waals surface area contributed by atoms with Gasteiger partial charge in [0.05, 0.1) is 36.8 Å². The van der Waals surface area contributed by atoms with Crippen LogP contribution in [0.4, 0.5) is 5.69 Å². The van der Waals surface area contributed by atoms with E-state index < -0.39 is 56.7 Å². The first-order valence-corrected chi connectivity index (χ1v) is 31.6. The van der Waals surface area contributed by atoms with Gasteiger partial charge in [-0.25, -0.2) is 4.57 Å². The first kappa shape index (κ1) is 58.9. The van der Waals surface area contributed by atoms with Crippen molar-refractivity contribution < 1.29 is 65.0 Å². The van der Waals surface area contributed by atoms with Crippen LogP contribution in [0.15, 0.2) is 192 Å². The Kier molecular flexibility index (Phi) is 15.2. The Labute approximate surface area is 490 Å². The second-order valence-corrected chi connectivity index (χ2v) is 26.2. The van der Waals surface area contributed by atoms with E-state index >= 15 is 9.59 Å². The fourth-order valence-corrected chi connectivity index (χ4v) is 12.8. The average Bonchev–Trinajstić information content (AvgIpc) is 0.708. The van der Waals surface area contributed by atoms with Gasteiger partial charge in [-0.2, -0.15) is 64.2 Å². The number of para-hydroxylation sites is 2. The summed E-state index contributed by atoms with van der Waals surface area (Å²) < 4.78 is 150. The highest BCUT2D eigenvalue weighted by atomic mass is 32.2. The molecule has 11 rings (SSSR count). The molecule has 2 heterocycles. The number of nitrogens with zero attached hydrogens (tertiary/aromatic N) is 1. The van der Waals surface area contributed by atoms with Gasteiger partial charge in [0, 0.05) is 38.2 Å². The van der Waals surface area contributed by atoms with E-state index in [1.54, 1.807) is 54.6 Å². The summed E-state index contributed by atoms with van der Waals surface area (Å²) in [5.41, 5.74) is 1.41. The maximum atomic E-state index is 16.0. The second-order valence-electron chi connectivity index (χ2n) is 20.3. The summed E-state index contributed by atoms with van der Waals surface area (Å²) in [6.45, 7) is 7.71. The van der Waals surface area contributed by atoms with Gasteiger partial charge in [0.15, 0.2) is 11.3 Å². The summed E-state index contributed by atoms with van der Waals surface area (Å²) in [7, 11) is -18.4. The van der Waals surface area contributed by atoms with Gasteiger partial charge >= 0.3 is 40.7 Å². The van der Waals surface area contributed by atoms with E-state index in [-0.39, 0.29) is 116 Å². The van der Waals surface area contributed by atoms with E-state index in [9.17, 15) is 38.2 Å². The molecule has 22 nitrogen and oxygen atoms in total. The standard InChI is InChI=1S/C60H49N5O17S4/c1-32(2)41-14-10-15-42(33(3)4)56(41)65-59(66)47-30-51(79-57-45(34-11-6-5-7-12-34)27-37(64-86(74,75)76)28-46(57)36-19-23-39(24-20-36)84(70,71)81-62)54-43-13-8-9-16-49(43)78-58-52(31-48(60(65)67)53(47)55(54)58)77-50-26-25-40(85(72,73)82-63)29-44(50)35-17-21-38(22-18-35)83(68,69)80-61/h5-33,64H,61-63H2,1-4H3,(H,74,75,76).